The molecule has 0 saturated carbocycles. The monoisotopic (exact) mass is 479 g/mol. The average molecular weight is 480 g/mol. The van der Waals surface area contributed by atoms with Crippen LogP contribution in [0.4, 0.5) is 5.13 Å². The molecule has 0 spiro atoms. The van der Waals surface area contributed by atoms with E-state index in [0.29, 0.717) is 12.1 Å². The molecule has 0 bridgehead atoms. The summed E-state index contributed by atoms with van der Waals surface area (Å²) in [5, 5.41) is 0.734. The Morgan fingerprint density at radius 1 is 1.23 bits per heavy atom. The molecule has 0 atom stereocenters. The molecule has 1 fully saturated rings. The highest BCUT2D eigenvalue weighted by molar-refractivity contribution is 7.98. The molecule has 4 rings (SSSR count). The number of carbonyl (C=O) groups is 1. The van der Waals surface area contributed by atoms with Crippen molar-refractivity contribution in [3.8, 4) is 5.75 Å². The molecule has 6 nitrogen and oxygen atoms in total. The Bertz CT molecular complexity index is 1010. The third-order valence-electron chi connectivity index (χ3n) is 5.14. The van der Waals surface area contributed by atoms with Crippen LogP contribution in [0.25, 0.3) is 10.2 Å². The second kappa shape index (κ2) is 11.2. The molecule has 1 aromatic heterocycles. The summed E-state index contributed by atoms with van der Waals surface area (Å²) >= 11 is 3.27. The van der Waals surface area contributed by atoms with Crippen molar-refractivity contribution < 1.29 is 14.3 Å². The average Bonchev–Trinajstić information content (AvgIpc) is 3.22. The molecule has 2 heterocycles. The molecular formula is C22H26ClN3O3S2. The molecule has 1 aliphatic heterocycles. The summed E-state index contributed by atoms with van der Waals surface area (Å²) in [4.78, 5) is 23.5. The van der Waals surface area contributed by atoms with E-state index >= 15 is 0 Å². The Morgan fingerprint density at radius 3 is 2.65 bits per heavy atom. The largest absolute Gasteiger partial charge is 0.497 e. The second-order valence-electron chi connectivity index (χ2n) is 6.97. The van der Waals surface area contributed by atoms with E-state index in [1.807, 2.05) is 30.3 Å². The van der Waals surface area contributed by atoms with E-state index in [-0.39, 0.29) is 18.3 Å². The lowest BCUT2D eigenvalue weighted by Gasteiger charge is -2.29. The fourth-order valence-corrected chi connectivity index (χ4v) is 4.92. The standard InChI is InChI=1S/C22H25N3O3S2.ClH/c1-27-17-5-3-16(4-6-17)21(26)25(10-9-24-11-13-28-14-12-24)22-23-19-8-7-18(29-2)15-20(19)30-22;/h3-8,15H,9-14H2,1-2H3;1H. The Hall–Kier alpha value is -1.84. The van der Waals surface area contributed by atoms with Gasteiger partial charge in [-0.3, -0.25) is 14.6 Å². The van der Waals surface area contributed by atoms with Gasteiger partial charge in [0, 0.05) is 36.6 Å². The van der Waals surface area contributed by atoms with Crippen LogP contribution in [-0.2, 0) is 4.74 Å². The first-order valence-corrected chi connectivity index (χ1v) is 11.9. The van der Waals surface area contributed by atoms with Gasteiger partial charge in [-0.15, -0.1) is 24.2 Å². The first kappa shape index (κ1) is 23.8. The van der Waals surface area contributed by atoms with Crippen LogP contribution in [0, 0.1) is 0 Å². The Morgan fingerprint density at radius 2 is 1.97 bits per heavy atom. The molecule has 0 N–H and O–H groups in total. The zero-order chi connectivity index (χ0) is 20.9. The lowest BCUT2D eigenvalue weighted by molar-refractivity contribution is 0.0391. The number of ether oxygens (including phenoxy) is 2. The highest BCUT2D eigenvalue weighted by Crippen LogP contribution is 2.32. The highest BCUT2D eigenvalue weighted by atomic mass is 35.5. The smallest absolute Gasteiger partial charge is 0.260 e. The van der Waals surface area contributed by atoms with Crippen molar-refractivity contribution in [3.05, 3.63) is 48.0 Å². The molecule has 2 aromatic carbocycles. The van der Waals surface area contributed by atoms with Crippen LogP contribution in [0.1, 0.15) is 10.4 Å². The third kappa shape index (κ3) is 5.70. The molecule has 0 aliphatic carbocycles. The van der Waals surface area contributed by atoms with Gasteiger partial charge in [-0.25, -0.2) is 4.98 Å². The summed E-state index contributed by atoms with van der Waals surface area (Å²) in [7, 11) is 1.62. The fraction of sp³-hybridized carbons (Fsp3) is 0.364. The van der Waals surface area contributed by atoms with Gasteiger partial charge in [0.25, 0.3) is 5.91 Å². The maximum absolute atomic E-state index is 13.4. The minimum atomic E-state index is -0.0462. The number of benzene rings is 2. The molecule has 1 aliphatic rings. The molecule has 9 heteroatoms. The van der Waals surface area contributed by atoms with Gasteiger partial charge < -0.3 is 9.47 Å². The molecule has 31 heavy (non-hydrogen) atoms. The minimum absolute atomic E-state index is 0. The van der Waals surface area contributed by atoms with E-state index < -0.39 is 0 Å². The Labute approximate surface area is 196 Å². The quantitative estimate of drug-likeness (QED) is 0.467. The molecule has 0 radical (unpaired) electrons. The number of thioether (sulfide) groups is 1. The van der Waals surface area contributed by atoms with E-state index in [0.717, 1.165) is 53.9 Å². The summed E-state index contributed by atoms with van der Waals surface area (Å²) < 4.78 is 11.8. The first-order chi connectivity index (χ1) is 14.7. The van der Waals surface area contributed by atoms with Crippen LogP contribution in [0.15, 0.2) is 47.4 Å². The van der Waals surface area contributed by atoms with Crippen LogP contribution in [-0.4, -0.2) is 68.5 Å². The van der Waals surface area contributed by atoms with Crippen molar-refractivity contribution in [1.82, 2.24) is 9.88 Å². The van der Waals surface area contributed by atoms with Crippen LogP contribution >= 0.6 is 35.5 Å². The first-order valence-electron chi connectivity index (χ1n) is 9.88. The second-order valence-corrected chi connectivity index (χ2v) is 8.86. The highest BCUT2D eigenvalue weighted by Gasteiger charge is 2.23. The van der Waals surface area contributed by atoms with Gasteiger partial charge in [-0.05, 0) is 48.7 Å². The van der Waals surface area contributed by atoms with Crippen molar-refractivity contribution in [2.75, 3.05) is 57.7 Å². The van der Waals surface area contributed by atoms with Gasteiger partial charge in [0.2, 0.25) is 0 Å². The summed E-state index contributed by atoms with van der Waals surface area (Å²) in [5.74, 6) is 0.686. The number of hydrogen-bond acceptors (Lipinski definition) is 7. The van der Waals surface area contributed by atoms with E-state index in [4.69, 9.17) is 14.5 Å². The van der Waals surface area contributed by atoms with Crippen LogP contribution in [0.3, 0.4) is 0 Å². The van der Waals surface area contributed by atoms with Gasteiger partial charge in [0.15, 0.2) is 5.13 Å². The number of aromatic nitrogens is 1. The number of rotatable bonds is 7. The molecule has 1 saturated heterocycles. The predicted molar refractivity (Wildman–Crippen MR) is 131 cm³/mol. The van der Waals surface area contributed by atoms with Crippen molar-refractivity contribution >= 4 is 56.8 Å². The predicted octanol–water partition coefficient (Wildman–Crippen LogP) is 4.43. The molecule has 3 aromatic rings. The number of morpholine rings is 1. The van der Waals surface area contributed by atoms with Crippen molar-refractivity contribution in [3.63, 3.8) is 0 Å². The maximum atomic E-state index is 13.4. The number of methoxy groups -OCH3 is 1. The number of amides is 1. The topological polar surface area (TPSA) is 54.9 Å². The van der Waals surface area contributed by atoms with E-state index in [2.05, 4.69) is 23.3 Å². The minimum Gasteiger partial charge on any atom is -0.497 e. The molecule has 166 valence electrons. The van der Waals surface area contributed by atoms with E-state index in [1.165, 1.54) is 4.90 Å². The number of nitrogens with zero attached hydrogens (tertiary/aromatic N) is 3. The summed E-state index contributed by atoms with van der Waals surface area (Å²) in [5.41, 5.74) is 1.55. The van der Waals surface area contributed by atoms with E-state index in [1.54, 1.807) is 35.1 Å². The van der Waals surface area contributed by atoms with Gasteiger partial charge in [-0.1, -0.05) is 11.3 Å². The van der Waals surface area contributed by atoms with Gasteiger partial charge >= 0.3 is 0 Å². The zero-order valence-electron chi connectivity index (χ0n) is 17.6. The van der Waals surface area contributed by atoms with Gasteiger partial charge in [-0.2, -0.15) is 0 Å². The number of hydrogen-bond donors (Lipinski definition) is 0. The fourth-order valence-electron chi connectivity index (χ4n) is 3.37. The van der Waals surface area contributed by atoms with Crippen molar-refractivity contribution in [1.29, 1.82) is 0 Å². The third-order valence-corrected chi connectivity index (χ3v) is 6.91. The van der Waals surface area contributed by atoms with Gasteiger partial charge in [0.05, 0.1) is 30.5 Å². The van der Waals surface area contributed by atoms with Crippen molar-refractivity contribution in [2.24, 2.45) is 0 Å². The maximum Gasteiger partial charge on any atom is 0.260 e. The lowest BCUT2D eigenvalue weighted by Crippen LogP contribution is -2.43. The van der Waals surface area contributed by atoms with Crippen LogP contribution in [0.2, 0.25) is 0 Å². The van der Waals surface area contributed by atoms with Gasteiger partial charge in [0.1, 0.15) is 5.75 Å². The Kier molecular flexibility index (Phi) is 8.57. The zero-order valence-corrected chi connectivity index (χ0v) is 20.0. The number of fused-ring (bicyclic) bond motifs is 1. The number of thiazole rings is 1. The van der Waals surface area contributed by atoms with E-state index in [9.17, 15) is 4.79 Å². The number of halogens is 1. The summed E-state index contributed by atoms with van der Waals surface area (Å²) in [6.45, 7) is 4.64. The SMILES string of the molecule is COc1ccc(C(=O)N(CCN2CCOCC2)c2nc3ccc(SC)cc3s2)cc1.Cl. The molecule has 1 amide bonds. The Balaban J connectivity index is 0.00000272. The summed E-state index contributed by atoms with van der Waals surface area (Å²) in [6, 6.07) is 13.5. The van der Waals surface area contributed by atoms with Crippen molar-refractivity contribution in [2.45, 2.75) is 4.90 Å². The number of carbonyl (C=O) groups excluding carboxylic acids is 1. The molecule has 0 unspecified atom stereocenters. The summed E-state index contributed by atoms with van der Waals surface area (Å²) in [6.07, 6.45) is 2.06. The number of anilines is 1. The van der Waals surface area contributed by atoms with Crippen LogP contribution < -0.4 is 9.64 Å². The normalized spacial score (nSPS) is 14.3. The lowest BCUT2D eigenvalue weighted by atomic mass is 10.2. The molecular weight excluding hydrogens is 454 g/mol. The van der Waals surface area contributed by atoms with Crippen LogP contribution in [0.5, 0.6) is 5.75 Å².